The van der Waals surface area contributed by atoms with Gasteiger partial charge in [-0.3, -0.25) is 29.0 Å². The van der Waals surface area contributed by atoms with E-state index >= 15 is 0 Å². The Balaban J connectivity index is 1.48. The number of hydrogen-bond donors (Lipinski definition) is 0. The average Bonchev–Trinajstić information content (AvgIpc) is 3.38. The van der Waals surface area contributed by atoms with Crippen LogP contribution in [0.2, 0.25) is 0 Å². The lowest BCUT2D eigenvalue weighted by Gasteiger charge is -2.48. The molecule has 0 bridgehead atoms. The molecule has 3 aliphatic heterocycles. The number of para-hydroxylation sites is 1. The average molecular weight is 411 g/mol. The second-order valence-electron chi connectivity index (χ2n) is 8.09. The second kappa shape index (κ2) is 6.65. The molecule has 3 heterocycles. The lowest BCUT2D eigenvalue weighted by molar-refractivity contribution is -0.163. The number of nitrogens with zero attached hydrogens (tertiary/aromatic N) is 3. The molecule has 4 aliphatic rings. The Bertz CT molecular complexity index is 987. The third kappa shape index (κ3) is 2.57. The smallest absolute Gasteiger partial charge is 0.354 e. The Morgan fingerprint density at radius 2 is 1.83 bits per heavy atom. The molecule has 1 aliphatic carbocycles. The Labute approximate surface area is 172 Å². The Morgan fingerprint density at radius 1 is 1.07 bits per heavy atom. The van der Waals surface area contributed by atoms with Crippen LogP contribution in [-0.4, -0.2) is 64.3 Å². The molecule has 2 saturated heterocycles. The fourth-order valence-corrected chi connectivity index (χ4v) is 4.75. The molecule has 0 aromatic heterocycles. The number of rotatable bonds is 4. The number of imide groups is 1. The molecule has 0 N–H and O–H groups in total. The molecule has 30 heavy (non-hydrogen) atoms. The lowest BCUT2D eigenvalue weighted by atomic mass is 9.96. The number of esters is 1. The number of ether oxygens (including phenoxy) is 1. The van der Waals surface area contributed by atoms with E-state index in [0.717, 1.165) is 17.7 Å². The van der Waals surface area contributed by atoms with Crippen molar-refractivity contribution in [3.63, 3.8) is 0 Å². The summed E-state index contributed by atoms with van der Waals surface area (Å²) in [6.07, 6.45) is 2.58. The first-order chi connectivity index (χ1) is 14.4. The molecule has 5 rings (SSSR count). The van der Waals surface area contributed by atoms with Gasteiger partial charge < -0.3 is 9.64 Å². The van der Waals surface area contributed by atoms with Crippen molar-refractivity contribution in [1.82, 2.24) is 9.80 Å². The largest absolute Gasteiger partial charge is 0.452 e. The van der Waals surface area contributed by atoms with Crippen LogP contribution in [0.4, 0.5) is 5.69 Å². The van der Waals surface area contributed by atoms with E-state index in [-0.39, 0.29) is 36.6 Å². The lowest BCUT2D eigenvalue weighted by Crippen LogP contribution is -2.69. The first-order valence-corrected chi connectivity index (χ1v) is 10.2. The normalized spacial score (nSPS) is 25.5. The summed E-state index contributed by atoms with van der Waals surface area (Å²) >= 11 is 0. The van der Waals surface area contributed by atoms with Crippen LogP contribution in [0.15, 0.2) is 24.3 Å². The molecular formula is C21H21N3O6. The van der Waals surface area contributed by atoms with Crippen LogP contribution in [0.25, 0.3) is 0 Å². The number of carbonyl (C=O) groups excluding carboxylic acids is 5. The zero-order valence-corrected chi connectivity index (χ0v) is 16.3. The summed E-state index contributed by atoms with van der Waals surface area (Å²) < 4.78 is 5.36. The summed E-state index contributed by atoms with van der Waals surface area (Å²) in [5, 5.41) is 0. The van der Waals surface area contributed by atoms with E-state index in [4.69, 9.17) is 4.74 Å². The molecule has 1 aromatic carbocycles. The van der Waals surface area contributed by atoms with Gasteiger partial charge in [0.1, 0.15) is 0 Å². The highest BCUT2D eigenvalue weighted by Gasteiger charge is 2.64. The standard InChI is InChI=1S/C21H21N3O6/c25-16-6-3-11-22(16)18(27)12-30-20(29)21-10-9-17(26)24(21)15-5-2-1-4-14(15)19(28)23(21)13-7-8-13/h1-2,4-5,13H,3,6-12H2/t21-/m1/s1. The molecule has 0 spiro atoms. The fraction of sp³-hybridized carbons (Fsp3) is 0.476. The predicted octanol–water partition coefficient (Wildman–Crippen LogP) is 0.820. The van der Waals surface area contributed by atoms with Crippen molar-refractivity contribution in [2.75, 3.05) is 18.1 Å². The van der Waals surface area contributed by atoms with E-state index in [9.17, 15) is 24.0 Å². The van der Waals surface area contributed by atoms with Crippen molar-refractivity contribution in [3.05, 3.63) is 29.8 Å². The summed E-state index contributed by atoms with van der Waals surface area (Å²) in [6, 6.07) is 6.58. The van der Waals surface area contributed by atoms with Crippen LogP contribution in [0.3, 0.4) is 0 Å². The van der Waals surface area contributed by atoms with Crippen molar-refractivity contribution in [2.24, 2.45) is 0 Å². The van der Waals surface area contributed by atoms with Crippen LogP contribution in [-0.2, 0) is 23.9 Å². The zero-order valence-electron chi connectivity index (χ0n) is 16.3. The predicted molar refractivity (Wildman–Crippen MR) is 102 cm³/mol. The monoisotopic (exact) mass is 411 g/mol. The number of anilines is 1. The van der Waals surface area contributed by atoms with Gasteiger partial charge in [-0.2, -0.15) is 0 Å². The van der Waals surface area contributed by atoms with E-state index in [1.54, 1.807) is 24.3 Å². The Kier molecular flexibility index (Phi) is 4.16. The van der Waals surface area contributed by atoms with E-state index < -0.39 is 24.1 Å². The van der Waals surface area contributed by atoms with Gasteiger partial charge in [0.25, 0.3) is 11.8 Å². The van der Waals surface area contributed by atoms with E-state index in [1.807, 2.05) is 0 Å². The molecule has 9 heteroatoms. The molecule has 0 unspecified atom stereocenters. The molecule has 3 fully saturated rings. The van der Waals surface area contributed by atoms with Gasteiger partial charge in [-0.15, -0.1) is 0 Å². The molecule has 4 amide bonds. The minimum absolute atomic E-state index is 0.0957. The van der Waals surface area contributed by atoms with Crippen LogP contribution < -0.4 is 4.90 Å². The first kappa shape index (κ1) is 18.8. The number of benzene rings is 1. The topological polar surface area (TPSA) is 104 Å². The number of fused-ring (bicyclic) bond motifs is 3. The Morgan fingerprint density at radius 3 is 2.53 bits per heavy atom. The van der Waals surface area contributed by atoms with Crippen LogP contribution in [0.5, 0.6) is 0 Å². The third-order valence-electron chi connectivity index (χ3n) is 6.24. The fourth-order valence-electron chi connectivity index (χ4n) is 4.75. The second-order valence-corrected chi connectivity index (χ2v) is 8.09. The highest BCUT2D eigenvalue weighted by atomic mass is 16.5. The maximum atomic E-state index is 13.4. The highest BCUT2D eigenvalue weighted by Crippen LogP contribution is 2.49. The van der Waals surface area contributed by atoms with Crippen molar-refractivity contribution in [1.29, 1.82) is 0 Å². The van der Waals surface area contributed by atoms with Crippen LogP contribution in [0, 0.1) is 0 Å². The van der Waals surface area contributed by atoms with Gasteiger partial charge in [-0.05, 0) is 31.4 Å². The van der Waals surface area contributed by atoms with E-state index in [1.165, 1.54) is 9.80 Å². The van der Waals surface area contributed by atoms with E-state index in [0.29, 0.717) is 30.6 Å². The van der Waals surface area contributed by atoms with E-state index in [2.05, 4.69) is 0 Å². The van der Waals surface area contributed by atoms with Gasteiger partial charge in [0.15, 0.2) is 6.61 Å². The van der Waals surface area contributed by atoms with Crippen molar-refractivity contribution in [3.8, 4) is 0 Å². The molecule has 9 nitrogen and oxygen atoms in total. The van der Waals surface area contributed by atoms with Gasteiger partial charge in [-0.25, -0.2) is 4.79 Å². The molecule has 0 radical (unpaired) electrons. The van der Waals surface area contributed by atoms with Crippen molar-refractivity contribution >= 4 is 35.3 Å². The first-order valence-electron chi connectivity index (χ1n) is 10.2. The minimum Gasteiger partial charge on any atom is -0.452 e. The SMILES string of the molecule is O=C1CCCN1C(=O)COC(=O)[C@@]12CCC(=O)N1c1ccccc1C(=O)N2C1CC1. The maximum Gasteiger partial charge on any atom is 0.354 e. The van der Waals surface area contributed by atoms with Gasteiger partial charge in [0.05, 0.1) is 11.3 Å². The van der Waals surface area contributed by atoms with Gasteiger partial charge in [0, 0.05) is 31.8 Å². The zero-order chi connectivity index (χ0) is 21.0. The number of carbonyl (C=O) groups is 5. The molecule has 1 saturated carbocycles. The summed E-state index contributed by atoms with van der Waals surface area (Å²) in [6.45, 7) is -0.284. The molecular weight excluding hydrogens is 390 g/mol. The van der Waals surface area contributed by atoms with Crippen molar-refractivity contribution < 1.29 is 28.7 Å². The summed E-state index contributed by atoms with van der Waals surface area (Å²) in [7, 11) is 0. The summed E-state index contributed by atoms with van der Waals surface area (Å²) in [4.78, 5) is 67.6. The maximum absolute atomic E-state index is 13.4. The minimum atomic E-state index is -1.58. The van der Waals surface area contributed by atoms with Gasteiger partial charge in [0.2, 0.25) is 17.5 Å². The van der Waals surface area contributed by atoms with Gasteiger partial charge >= 0.3 is 5.97 Å². The highest BCUT2D eigenvalue weighted by molar-refractivity contribution is 6.16. The number of amides is 4. The molecule has 156 valence electrons. The third-order valence-corrected chi connectivity index (χ3v) is 6.24. The summed E-state index contributed by atoms with van der Waals surface area (Å²) in [5.41, 5.74) is -0.819. The van der Waals surface area contributed by atoms with Gasteiger partial charge in [-0.1, -0.05) is 12.1 Å². The number of hydrogen-bond acceptors (Lipinski definition) is 6. The molecule has 1 aromatic rings. The molecule has 1 atom stereocenters. The van der Waals surface area contributed by atoms with Crippen LogP contribution in [0.1, 0.15) is 48.9 Å². The van der Waals surface area contributed by atoms with Crippen molar-refractivity contribution in [2.45, 2.75) is 50.2 Å². The quantitative estimate of drug-likeness (QED) is 0.680. The summed E-state index contributed by atoms with van der Waals surface area (Å²) in [5.74, 6) is -2.24. The number of likely N-dealkylation sites (tertiary alicyclic amines) is 1. The van der Waals surface area contributed by atoms with Crippen LogP contribution >= 0.6 is 0 Å². The Hall–Kier alpha value is -3.23.